The van der Waals surface area contributed by atoms with Gasteiger partial charge in [0.1, 0.15) is 29.8 Å². The van der Waals surface area contributed by atoms with Gasteiger partial charge in [-0.15, -0.1) is 0 Å². The summed E-state index contributed by atoms with van der Waals surface area (Å²) in [6, 6.07) is 8.95. The van der Waals surface area contributed by atoms with Gasteiger partial charge in [-0.25, -0.2) is 8.78 Å². The summed E-state index contributed by atoms with van der Waals surface area (Å²) in [6.45, 7) is 3.27. The molecule has 5 aliphatic rings. The van der Waals surface area contributed by atoms with Gasteiger partial charge in [0, 0.05) is 49.9 Å². The number of hydrogen-bond acceptors (Lipinski definition) is 7. The Morgan fingerprint density at radius 3 is 2.69 bits per heavy atom. The number of pyridine rings is 1. The fraction of sp³-hybridized carbons (Fsp3) is 0.567. The summed E-state index contributed by atoms with van der Waals surface area (Å²) < 4.78 is 37.0. The molecule has 0 radical (unpaired) electrons. The first-order valence-electron chi connectivity index (χ1n) is 14.5. The van der Waals surface area contributed by atoms with Gasteiger partial charge in [-0.2, -0.15) is 9.97 Å². The number of benzene rings is 1. The molecule has 7 nitrogen and oxygen atoms in total. The van der Waals surface area contributed by atoms with Crippen LogP contribution in [0.25, 0.3) is 22.2 Å². The Labute approximate surface area is 227 Å². The quantitative estimate of drug-likeness (QED) is 0.498. The Kier molecular flexibility index (Phi) is 5.56. The maximum Gasteiger partial charge on any atom is 0.319 e. The van der Waals surface area contributed by atoms with Gasteiger partial charge in [0.05, 0.1) is 10.9 Å². The van der Waals surface area contributed by atoms with Crippen molar-refractivity contribution >= 4 is 16.7 Å². The molecule has 2 aromatic heterocycles. The second-order valence-electron chi connectivity index (χ2n) is 12.3. The van der Waals surface area contributed by atoms with Crippen molar-refractivity contribution in [1.29, 1.82) is 0 Å². The molecule has 0 unspecified atom stereocenters. The van der Waals surface area contributed by atoms with Crippen molar-refractivity contribution in [2.24, 2.45) is 0 Å². The second-order valence-corrected chi connectivity index (χ2v) is 12.3. The molecule has 9 heteroatoms. The van der Waals surface area contributed by atoms with Gasteiger partial charge in [-0.05, 0) is 56.6 Å². The Morgan fingerprint density at radius 1 is 1.05 bits per heavy atom. The van der Waals surface area contributed by atoms with Gasteiger partial charge < -0.3 is 15.0 Å². The van der Waals surface area contributed by atoms with E-state index in [1.807, 2.05) is 18.2 Å². The van der Waals surface area contributed by atoms with E-state index < -0.39 is 12.0 Å². The molecule has 1 aromatic carbocycles. The largest absolute Gasteiger partial charge is 0.461 e. The number of hydrogen-bond donors (Lipinski definition) is 1. The van der Waals surface area contributed by atoms with Crippen molar-refractivity contribution < 1.29 is 13.5 Å². The van der Waals surface area contributed by atoms with E-state index in [2.05, 4.69) is 31.2 Å². The van der Waals surface area contributed by atoms with Gasteiger partial charge in [-0.3, -0.25) is 9.88 Å². The van der Waals surface area contributed by atoms with E-state index in [4.69, 9.17) is 9.72 Å². The van der Waals surface area contributed by atoms with Crippen LogP contribution in [0.1, 0.15) is 56.4 Å². The monoisotopic (exact) mass is 532 g/mol. The lowest BCUT2D eigenvalue weighted by Crippen LogP contribution is -2.51. The topological polar surface area (TPSA) is 66.4 Å². The van der Waals surface area contributed by atoms with Crippen molar-refractivity contribution in [1.82, 2.24) is 25.2 Å². The predicted molar refractivity (Wildman–Crippen MR) is 145 cm³/mol. The van der Waals surface area contributed by atoms with Crippen molar-refractivity contribution in [2.45, 2.75) is 74.7 Å². The maximum atomic E-state index is 16.4. The highest BCUT2D eigenvalue weighted by atomic mass is 19.1. The van der Waals surface area contributed by atoms with E-state index in [0.717, 1.165) is 69.3 Å². The van der Waals surface area contributed by atoms with Crippen molar-refractivity contribution in [3.63, 3.8) is 0 Å². The van der Waals surface area contributed by atoms with Crippen LogP contribution in [0, 0.1) is 5.82 Å². The van der Waals surface area contributed by atoms with E-state index in [-0.39, 0.29) is 17.1 Å². The first kappa shape index (κ1) is 23.9. The fourth-order valence-electron chi connectivity index (χ4n) is 7.60. The zero-order valence-corrected chi connectivity index (χ0v) is 22.1. The summed E-state index contributed by atoms with van der Waals surface area (Å²) in [4.78, 5) is 18.6. The number of anilines is 1. The summed E-state index contributed by atoms with van der Waals surface area (Å²) in [7, 11) is 0. The van der Waals surface area contributed by atoms with Crippen molar-refractivity contribution in [2.75, 3.05) is 37.7 Å². The third-order valence-corrected chi connectivity index (χ3v) is 9.62. The molecule has 1 saturated carbocycles. The van der Waals surface area contributed by atoms with Crippen molar-refractivity contribution in [3.8, 4) is 17.3 Å². The van der Waals surface area contributed by atoms with Gasteiger partial charge in [0.2, 0.25) is 0 Å². The van der Waals surface area contributed by atoms with Gasteiger partial charge in [0.15, 0.2) is 5.82 Å². The molecule has 4 atom stereocenters. The predicted octanol–water partition coefficient (Wildman–Crippen LogP) is 4.60. The van der Waals surface area contributed by atoms with Crippen LogP contribution < -0.4 is 15.0 Å². The molecule has 4 saturated heterocycles. The van der Waals surface area contributed by atoms with Gasteiger partial charge in [-0.1, -0.05) is 24.3 Å². The molecule has 1 aliphatic carbocycles. The molecule has 204 valence electrons. The summed E-state index contributed by atoms with van der Waals surface area (Å²) in [5.74, 6) is 0.712. The number of halogens is 2. The molecular formula is C30H34F2N6O. The third kappa shape index (κ3) is 4.08. The zero-order valence-electron chi connectivity index (χ0n) is 22.1. The zero-order chi connectivity index (χ0) is 26.1. The highest BCUT2D eigenvalue weighted by Gasteiger charge is 2.49. The van der Waals surface area contributed by atoms with E-state index >= 15 is 4.39 Å². The SMILES string of the molecule is Fc1c(-c2ccccc2C2CC2)ncc2c(N3C[C@H]4CC[C@@H](C3)N4)nc(OC[C@@]34CCCN3C[C@H](F)C4)nc12. The number of piperazine rings is 1. The summed E-state index contributed by atoms with van der Waals surface area (Å²) >= 11 is 0. The fourth-order valence-corrected chi connectivity index (χ4v) is 7.60. The third-order valence-electron chi connectivity index (χ3n) is 9.62. The number of fused-ring (bicyclic) bond motifs is 4. The lowest BCUT2D eigenvalue weighted by molar-refractivity contribution is 0.107. The highest BCUT2D eigenvalue weighted by Crippen LogP contribution is 2.45. The number of ether oxygens (including phenoxy) is 1. The summed E-state index contributed by atoms with van der Waals surface area (Å²) in [5.41, 5.74) is 2.24. The molecule has 5 fully saturated rings. The molecular weight excluding hydrogens is 498 g/mol. The molecule has 4 aliphatic heterocycles. The Bertz CT molecular complexity index is 1420. The maximum absolute atomic E-state index is 16.4. The molecule has 39 heavy (non-hydrogen) atoms. The lowest BCUT2D eigenvalue weighted by Gasteiger charge is -2.34. The lowest BCUT2D eigenvalue weighted by atomic mass is 9.95. The first-order chi connectivity index (χ1) is 19.1. The summed E-state index contributed by atoms with van der Waals surface area (Å²) in [5, 5.41) is 4.27. The minimum absolute atomic E-state index is 0.165. The molecule has 8 rings (SSSR count). The average molecular weight is 533 g/mol. The van der Waals surface area contributed by atoms with E-state index in [1.54, 1.807) is 6.20 Å². The first-order valence-corrected chi connectivity index (χ1v) is 14.5. The van der Waals surface area contributed by atoms with Crippen molar-refractivity contribution in [3.05, 3.63) is 41.8 Å². The van der Waals surface area contributed by atoms with Crippen LogP contribution in [0.3, 0.4) is 0 Å². The van der Waals surface area contributed by atoms with Crippen LogP contribution in [0.2, 0.25) is 0 Å². The van der Waals surface area contributed by atoms with Crippen LogP contribution in [-0.2, 0) is 0 Å². The molecule has 1 N–H and O–H groups in total. The smallest absolute Gasteiger partial charge is 0.319 e. The van der Waals surface area contributed by atoms with E-state index in [9.17, 15) is 4.39 Å². The molecule has 0 amide bonds. The number of nitrogens with one attached hydrogen (secondary N) is 1. The standard InChI is InChI=1S/C30H34F2N6O/c31-19-12-30(10-3-11-38(30)14-19)17-39-29-35-27-24(28(36-29)37-15-20-8-9-21(16-37)34-20)13-33-26(25(27)32)23-5-2-1-4-22(23)18-6-7-18/h1-2,4-5,13,18-21,34H,3,6-12,14-17H2/t19-,20-,21+,30+/m1/s1. The van der Waals surface area contributed by atoms with E-state index in [1.165, 1.54) is 0 Å². The van der Waals surface area contributed by atoms with Gasteiger partial charge >= 0.3 is 6.01 Å². The number of aromatic nitrogens is 3. The Hall–Kier alpha value is -2.91. The average Bonchev–Trinajstić information content (AvgIpc) is 3.54. The molecule has 3 aromatic rings. The number of alkyl halides is 1. The number of nitrogens with zero attached hydrogens (tertiary/aromatic N) is 5. The minimum atomic E-state index is -0.837. The molecule has 2 bridgehead atoms. The second kappa shape index (κ2) is 9.06. The van der Waals surface area contributed by atoms with Crippen LogP contribution in [-0.4, -0.2) is 76.4 Å². The highest BCUT2D eigenvalue weighted by molar-refractivity contribution is 5.92. The van der Waals surface area contributed by atoms with Crippen LogP contribution in [0.15, 0.2) is 30.5 Å². The summed E-state index contributed by atoms with van der Waals surface area (Å²) in [6.07, 6.45) is 7.81. The molecule has 0 spiro atoms. The van der Waals surface area contributed by atoms with E-state index in [0.29, 0.717) is 54.5 Å². The molecule has 6 heterocycles. The Balaban J connectivity index is 1.21. The van der Waals surface area contributed by atoms with Gasteiger partial charge in [0.25, 0.3) is 0 Å². The number of rotatable bonds is 6. The normalized spacial score (nSPS) is 30.3. The van der Waals surface area contributed by atoms with Crippen LogP contribution in [0.4, 0.5) is 14.6 Å². The minimum Gasteiger partial charge on any atom is -0.461 e. The van der Waals surface area contributed by atoms with Crippen LogP contribution >= 0.6 is 0 Å². The van der Waals surface area contributed by atoms with Crippen LogP contribution in [0.5, 0.6) is 6.01 Å². The Morgan fingerprint density at radius 2 is 1.87 bits per heavy atom.